The highest BCUT2D eigenvalue weighted by Crippen LogP contribution is 2.22. The Kier molecular flexibility index (Phi) is 7.15. The predicted octanol–water partition coefficient (Wildman–Crippen LogP) is 3.16. The summed E-state index contributed by atoms with van der Waals surface area (Å²) in [5.74, 6) is 0.675. The van der Waals surface area contributed by atoms with Crippen molar-refractivity contribution in [1.29, 1.82) is 0 Å². The smallest absolute Gasteiger partial charge is 0.387 e. The van der Waals surface area contributed by atoms with Crippen molar-refractivity contribution in [2.45, 2.75) is 32.5 Å². The van der Waals surface area contributed by atoms with Crippen LogP contribution in [0.1, 0.15) is 18.9 Å². The van der Waals surface area contributed by atoms with E-state index >= 15 is 0 Å². The van der Waals surface area contributed by atoms with Crippen LogP contribution in [0.4, 0.5) is 19.0 Å². The zero-order chi connectivity index (χ0) is 20.6. The van der Waals surface area contributed by atoms with Gasteiger partial charge in [-0.15, -0.1) is 0 Å². The minimum Gasteiger partial charge on any atom is -0.434 e. The molecule has 29 heavy (non-hydrogen) atoms. The number of nitrogens with zero attached hydrogens (tertiary/aromatic N) is 3. The summed E-state index contributed by atoms with van der Waals surface area (Å²) in [5, 5.41) is 6.47. The minimum atomic E-state index is -2.89. The number of guanidine groups is 1. The number of halogens is 3. The molecule has 9 heteroatoms. The van der Waals surface area contributed by atoms with Gasteiger partial charge in [0, 0.05) is 37.4 Å². The average Bonchev–Trinajstić information content (AvgIpc) is 3.15. The van der Waals surface area contributed by atoms with Crippen molar-refractivity contribution in [2.75, 3.05) is 24.5 Å². The molecule has 1 aliphatic rings. The number of para-hydroxylation sites is 1. The summed E-state index contributed by atoms with van der Waals surface area (Å²) < 4.78 is 43.7. The standard InChI is InChI=1S/C20H24F3N5O/c1-2-24-20(26-12-14-6-3-4-8-17(14)29-19(22)23)27-15-9-11-28(13-15)18-16(21)7-5-10-25-18/h3-8,10,15,19H,2,9,11-13H2,1H3,(H2,24,26,27). The van der Waals surface area contributed by atoms with E-state index in [1.54, 1.807) is 30.5 Å². The van der Waals surface area contributed by atoms with Crippen molar-refractivity contribution < 1.29 is 17.9 Å². The Morgan fingerprint density at radius 2 is 2.14 bits per heavy atom. The molecule has 1 aromatic carbocycles. The van der Waals surface area contributed by atoms with E-state index < -0.39 is 6.61 Å². The van der Waals surface area contributed by atoms with E-state index in [9.17, 15) is 13.2 Å². The first-order valence-corrected chi connectivity index (χ1v) is 9.50. The molecule has 0 aliphatic carbocycles. The van der Waals surface area contributed by atoms with Crippen LogP contribution in [-0.2, 0) is 6.54 Å². The van der Waals surface area contributed by atoms with E-state index in [2.05, 4.69) is 25.3 Å². The lowest BCUT2D eigenvalue weighted by molar-refractivity contribution is -0.0504. The number of nitrogens with one attached hydrogen (secondary N) is 2. The Balaban J connectivity index is 1.64. The summed E-state index contributed by atoms with van der Waals surface area (Å²) in [7, 11) is 0. The number of hydrogen-bond donors (Lipinski definition) is 2. The van der Waals surface area contributed by atoms with Crippen LogP contribution in [0.25, 0.3) is 0 Å². The molecular weight excluding hydrogens is 383 g/mol. The summed E-state index contributed by atoms with van der Waals surface area (Å²) in [4.78, 5) is 10.5. The third-order valence-electron chi connectivity index (χ3n) is 4.51. The molecule has 0 spiro atoms. The van der Waals surface area contributed by atoms with Gasteiger partial charge in [0.05, 0.1) is 6.54 Å². The molecule has 0 saturated carbocycles. The van der Waals surface area contributed by atoms with Crippen molar-refractivity contribution in [3.63, 3.8) is 0 Å². The summed E-state index contributed by atoms with van der Waals surface area (Å²) in [5.41, 5.74) is 0.564. The molecular formula is C20H24F3N5O. The number of aliphatic imine (C=N–C) groups is 1. The predicted molar refractivity (Wildman–Crippen MR) is 106 cm³/mol. The Morgan fingerprint density at radius 3 is 2.90 bits per heavy atom. The maximum atomic E-state index is 14.0. The van der Waals surface area contributed by atoms with Crippen LogP contribution in [0.2, 0.25) is 0 Å². The summed E-state index contributed by atoms with van der Waals surface area (Å²) in [6.07, 6.45) is 2.37. The first-order valence-electron chi connectivity index (χ1n) is 9.50. The van der Waals surface area contributed by atoms with Gasteiger partial charge in [-0.25, -0.2) is 14.4 Å². The molecule has 1 fully saturated rings. The van der Waals surface area contributed by atoms with Gasteiger partial charge in [-0.3, -0.25) is 0 Å². The Labute approximate surface area is 167 Å². The maximum Gasteiger partial charge on any atom is 0.387 e. The van der Waals surface area contributed by atoms with E-state index in [-0.39, 0.29) is 24.2 Å². The van der Waals surface area contributed by atoms with Crippen LogP contribution in [0.15, 0.2) is 47.6 Å². The lowest BCUT2D eigenvalue weighted by atomic mass is 10.2. The Bertz CT molecular complexity index is 833. The van der Waals surface area contributed by atoms with E-state index in [4.69, 9.17) is 0 Å². The van der Waals surface area contributed by atoms with Gasteiger partial charge in [-0.2, -0.15) is 8.78 Å². The van der Waals surface area contributed by atoms with Gasteiger partial charge in [0.1, 0.15) is 5.75 Å². The second kappa shape index (κ2) is 9.99. The van der Waals surface area contributed by atoms with Gasteiger partial charge in [0.15, 0.2) is 17.6 Å². The molecule has 3 rings (SSSR count). The fraction of sp³-hybridized carbons (Fsp3) is 0.400. The van der Waals surface area contributed by atoms with Crippen molar-refractivity contribution in [2.24, 2.45) is 4.99 Å². The zero-order valence-corrected chi connectivity index (χ0v) is 16.1. The SMILES string of the molecule is CCNC(=NCc1ccccc1OC(F)F)NC1CCN(c2ncccc2F)C1. The van der Waals surface area contributed by atoms with E-state index in [0.717, 1.165) is 6.42 Å². The van der Waals surface area contributed by atoms with Crippen LogP contribution in [0.5, 0.6) is 5.75 Å². The molecule has 1 unspecified atom stereocenters. The fourth-order valence-corrected chi connectivity index (χ4v) is 3.20. The van der Waals surface area contributed by atoms with Gasteiger partial charge >= 0.3 is 6.61 Å². The number of benzene rings is 1. The summed E-state index contributed by atoms with van der Waals surface area (Å²) in [6.45, 7) is 1.15. The zero-order valence-electron chi connectivity index (χ0n) is 16.1. The molecule has 1 aliphatic heterocycles. The quantitative estimate of drug-likeness (QED) is 0.545. The minimum absolute atomic E-state index is 0.0572. The number of rotatable bonds is 7. The molecule has 2 heterocycles. The lowest BCUT2D eigenvalue weighted by Crippen LogP contribution is -2.44. The molecule has 6 nitrogen and oxygen atoms in total. The molecule has 0 amide bonds. The number of ether oxygens (including phenoxy) is 1. The third kappa shape index (κ3) is 5.75. The first-order chi connectivity index (χ1) is 14.1. The van der Waals surface area contributed by atoms with E-state index in [0.29, 0.717) is 37.0 Å². The second-order valence-electron chi connectivity index (χ2n) is 6.57. The highest BCUT2D eigenvalue weighted by Gasteiger charge is 2.26. The molecule has 156 valence electrons. The highest BCUT2D eigenvalue weighted by atomic mass is 19.3. The fourth-order valence-electron chi connectivity index (χ4n) is 3.20. The number of aromatic nitrogens is 1. The van der Waals surface area contributed by atoms with Crippen LogP contribution in [0.3, 0.4) is 0 Å². The van der Waals surface area contributed by atoms with Crippen molar-refractivity contribution in [3.8, 4) is 5.75 Å². The van der Waals surface area contributed by atoms with Crippen molar-refractivity contribution in [1.82, 2.24) is 15.6 Å². The van der Waals surface area contributed by atoms with E-state index in [1.165, 1.54) is 12.1 Å². The maximum absolute atomic E-state index is 14.0. The van der Waals surface area contributed by atoms with Crippen LogP contribution < -0.4 is 20.3 Å². The topological polar surface area (TPSA) is 61.8 Å². The van der Waals surface area contributed by atoms with Gasteiger partial charge in [-0.05, 0) is 31.5 Å². The monoisotopic (exact) mass is 407 g/mol. The molecule has 0 bridgehead atoms. The van der Waals surface area contributed by atoms with Gasteiger partial charge in [0.2, 0.25) is 0 Å². The molecule has 2 aromatic rings. The third-order valence-corrected chi connectivity index (χ3v) is 4.51. The van der Waals surface area contributed by atoms with Crippen LogP contribution in [0, 0.1) is 5.82 Å². The molecule has 1 aromatic heterocycles. The summed E-state index contributed by atoms with van der Waals surface area (Å²) in [6, 6.07) is 9.60. The van der Waals surface area contributed by atoms with Gasteiger partial charge in [0.25, 0.3) is 0 Å². The van der Waals surface area contributed by atoms with Crippen LogP contribution >= 0.6 is 0 Å². The number of pyridine rings is 1. The second-order valence-corrected chi connectivity index (χ2v) is 6.57. The lowest BCUT2D eigenvalue weighted by Gasteiger charge is -2.20. The van der Waals surface area contributed by atoms with Gasteiger partial charge in [-0.1, -0.05) is 18.2 Å². The molecule has 1 saturated heterocycles. The largest absolute Gasteiger partial charge is 0.434 e. The first kappa shape index (κ1) is 20.8. The van der Waals surface area contributed by atoms with Crippen LogP contribution in [-0.4, -0.2) is 43.2 Å². The number of hydrogen-bond acceptors (Lipinski definition) is 4. The number of alkyl halides is 2. The normalized spacial score (nSPS) is 16.9. The summed E-state index contributed by atoms with van der Waals surface area (Å²) >= 11 is 0. The number of anilines is 1. The molecule has 0 radical (unpaired) electrons. The average molecular weight is 407 g/mol. The molecule has 1 atom stereocenters. The highest BCUT2D eigenvalue weighted by molar-refractivity contribution is 5.80. The van der Waals surface area contributed by atoms with Crippen molar-refractivity contribution in [3.05, 3.63) is 54.0 Å². The van der Waals surface area contributed by atoms with E-state index in [1.807, 2.05) is 11.8 Å². The van der Waals surface area contributed by atoms with Gasteiger partial charge < -0.3 is 20.3 Å². The molecule has 2 N–H and O–H groups in total. The Morgan fingerprint density at radius 1 is 1.31 bits per heavy atom. The Hall–Kier alpha value is -2.97. The van der Waals surface area contributed by atoms with Crippen molar-refractivity contribution >= 4 is 11.8 Å².